The van der Waals surface area contributed by atoms with Crippen LogP contribution in [0, 0.1) is 0 Å². The van der Waals surface area contributed by atoms with Crippen LogP contribution in [-0.2, 0) is 0 Å². The van der Waals surface area contributed by atoms with Gasteiger partial charge in [-0.15, -0.1) is 0 Å². The minimum absolute atomic E-state index is 0.572. The van der Waals surface area contributed by atoms with Crippen molar-refractivity contribution in [2.24, 2.45) is 0 Å². The van der Waals surface area contributed by atoms with E-state index in [-0.39, 0.29) is 0 Å². The highest BCUT2D eigenvalue weighted by Gasteiger charge is 2.18. The first kappa shape index (κ1) is 14.6. The summed E-state index contributed by atoms with van der Waals surface area (Å²) in [5, 5.41) is 12.4. The van der Waals surface area contributed by atoms with Crippen LogP contribution in [-0.4, -0.2) is 10.1 Å². The van der Waals surface area contributed by atoms with Crippen molar-refractivity contribution in [3.63, 3.8) is 0 Å². The van der Waals surface area contributed by atoms with E-state index in [9.17, 15) is 5.11 Å². The van der Waals surface area contributed by atoms with E-state index < -0.39 is 6.10 Å². The average Bonchev–Trinajstić information content (AvgIpc) is 2.47. The summed E-state index contributed by atoms with van der Waals surface area (Å²) in [5.41, 5.74) is 2.80. The monoisotopic (exact) mass is 301 g/mol. The van der Waals surface area contributed by atoms with Gasteiger partial charge in [-0.05, 0) is 49.5 Å². The summed E-state index contributed by atoms with van der Waals surface area (Å²) in [6.45, 7) is 0. The lowest BCUT2D eigenvalue weighted by Crippen LogP contribution is -2.05. The molecule has 1 aliphatic rings. The Hall–Kier alpha value is -1.38. The minimum Gasteiger partial charge on any atom is -0.384 e. The van der Waals surface area contributed by atoms with Gasteiger partial charge in [0.15, 0.2) is 0 Å². The van der Waals surface area contributed by atoms with Gasteiger partial charge in [-0.2, -0.15) is 0 Å². The van der Waals surface area contributed by atoms with E-state index in [1.165, 1.54) is 19.3 Å². The van der Waals surface area contributed by atoms with Crippen LogP contribution in [0.2, 0.25) is 5.02 Å². The fourth-order valence-electron chi connectivity index (χ4n) is 3.04. The van der Waals surface area contributed by atoms with Gasteiger partial charge >= 0.3 is 0 Å². The smallest absolute Gasteiger partial charge is 0.102 e. The maximum absolute atomic E-state index is 10.8. The third kappa shape index (κ3) is 3.12. The topological polar surface area (TPSA) is 33.1 Å². The number of halogens is 1. The SMILES string of the molecule is OC(/C1=C/CCCCCC1)c1ccc(Cl)c2cccnc12. The van der Waals surface area contributed by atoms with E-state index in [2.05, 4.69) is 11.1 Å². The molecule has 0 spiro atoms. The average molecular weight is 302 g/mol. The molecule has 2 aromatic rings. The van der Waals surface area contributed by atoms with Crippen molar-refractivity contribution in [3.8, 4) is 0 Å². The van der Waals surface area contributed by atoms with Crippen molar-refractivity contribution in [1.82, 2.24) is 4.98 Å². The Bertz CT molecular complexity index is 665. The first-order valence-corrected chi connectivity index (χ1v) is 8.05. The largest absolute Gasteiger partial charge is 0.384 e. The molecule has 3 heteroatoms. The molecule has 0 saturated heterocycles. The quantitative estimate of drug-likeness (QED) is 0.773. The predicted molar refractivity (Wildman–Crippen MR) is 87.5 cm³/mol. The second-order valence-electron chi connectivity index (χ2n) is 5.67. The first-order valence-electron chi connectivity index (χ1n) is 7.67. The van der Waals surface area contributed by atoms with Gasteiger partial charge in [0.2, 0.25) is 0 Å². The summed E-state index contributed by atoms with van der Waals surface area (Å²) >= 11 is 6.23. The van der Waals surface area contributed by atoms with Crippen molar-refractivity contribution >= 4 is 22.5 Å². The molecule has 1 heterocycles. The van der Waals surface area contributed by atoms with Gasteiger partial charge in [0, 0.05) is 22.2 Å². The Morgan fingerprint density at radius 1 is 1.10 bits per heavy atom. The zero-order valence-corrected chi connectivity index (χ0v) is 12.8. The summed E-state index contributed by atoms with van der Waals surface area (Å²) in [6.07, 6.45) is 10.3. The maximum Gasteiger partial charge on any atom is 0.102 e. The Balaban J connectivity index is 2.01. The number of aliphatic hydroxyl groups is 1. The van der Waals surface area contributed by atoms with Crippen molar-refractivity contribution < 1.29 is 5.11 Å². The van der Waals surface area contributed by atoms with E-state index in [0.29, 0.717) is 5.02 Å². The van der Waals surface area contributed by atoms with E-state index in [0.717, 1.165) is 41.3 Å². The number of nitrogens with zero attached hydrogens (tertiary/aromatic N) is 1. The summed E-state index contributed by atoms with van der Waals surface area (Å²) in [7, 11) is 0. The van der Waals surface area contributed by atoms with Crippen molar-refractivity contribution in [1.29, 1.82) is 0 Å². The summed E-state index contributed by atoms with van der Waals surface area (Å²) in [4.78, 5) is 4.43. The number of hydrogen-bond acceptors (Lipinski definition) is 2. The highest BCUT2D eigenvalue weighted by Crippen LogP contribution is 2.34. The molecule has 2 nitrogen and oxygen atoms in total. The highest BCUT2D eigenvalue weighted by molar-refractivity contribution is 6.35. The molecule has 1 aromatic heterocycles. The number of benzene rings is 1. The standard InChI is InChI=1S/C18H20ClNO/c19-16-11-10-15(17-14(16)9-6-12-20-17)18(21)13-7-4-2-1-3-5-8-13/h6-7,9-12,18,21H,1-5,8H2/b13-7+. The number of aliphatic hydroxyl groups excluding tert-OH is 1. The molecule has 0 fully saturated rings. The van der Waals surface area contributed by atoms with Crippen LogP contribution in [0.4, 0.5) is 0 Å². The number of pyridine rings is 1. The number of hydrogen-bond donors (Lipinski definition) is 1. The Morgan fingerprint density at radius 3 is 2.86 bits per heavy atom. The second-order valence-corrected chi connectivity index (χ2v) is 6.08. The molecule has 0 radical (unpaired) electrons. The zero-order chi connectivity index (χ0) is 14.7. The van der Waals surface area contributed by atoms with Crippen LogP contribution < -0.4 is 0 Å². The fourth-order valence-corrected chi connectivity index (χ4v) is 3.26. The van der Waals surface area contributed by atoms with Gasteiger partial charge in [-0.25, -0.2) is 0 Å². The Kier molecular flexibility index (Phi) is 4.57. The van der Waals surface area contributed by atoms with Crippen LogP contribution in [0.15, 0.2) is 42.1 Å². The molecular weight excluding hydrogens is 282 g/mol. The zero-order valence-electron chi connectivity index (χ0n) is 12.1. The van der Waals surface area contributed by atoms with Crippen LogP contribution in [0.5, 0.6) is 0 Å². The fraction of sp³-hybridized carbons (Fsp3) is 0.389. The van der Waals surface area contributed by atoms with E-state index >= 15 is 0 Å². The molecule has 0 amide bonds. The molecule has 1 aliphatic carbocycles. The molecule has 1 unspecified atom stereocenters. The third-order valence-corrected chi connectivity index (χ3v) is 4.55. The van der Waals surface area contributed by atoms with Crippen LogP contribution in [0.3, 0.4) is 0 Å². The van der Waals surface area contributed by atoms with Gasteiger partial charge in [0.25, 0.3) is 0 Å². The van der Waals surface area contributed by atoms with E-state index in [4.69, 9.17) is 11.6 Å². The number of allylic oxidation sites excluding steroid dienone is 1. The Labute approximate surface area is 130 Å². The minimum atomic E-state index is -0.572. The normalized spacial score (nSPS) is 20.4. The van der Waals surface area contributed by atoms with E-state index in [1.54, 1.807) is 6.20 Å². The van der Waals surface area contributed by atoms with Gasteiger partial charge in [0.1, 0.15) is 6.10 Å². The third-order valence-electron chi connectivity index (χ3n) is 4.22. The molecule has 110 valence electrons. The second kappa shape index (κ2) is 6.59. The molecule has 21 heavy (non-hydrogen) atoms. The van der Waals surface area contributed by atoms with Crippen molar-refractivity contribution in [2.75, 3.05) is 0 Å². The van der Waals surface area contributed by atoms with Gasteiger partial charge in [0.05, 0.1) is 5.52 Å². The number of fused-ring (bicyclic) bond motifs is 1. The van der Waals surface area contributed by atoms with Crippen LogP contribution in [0.1, 0.15) is 50.2 Å². The van der Waals surface area contributed by atoms with Crippen molar-refractivity contribution in [2.45, 2.75) is 44.6 Å². The molecule has 1 atom stereocenters. The van der Waals surface area contributed by atoms with Crippen LogP contribution in [0.25, 0.3) is 10.9 Å². The number of aromatic nitrogens is 1. The van der Waals surface area contributed by atoms with Gasteiger partial charge < -0.3 is 5.11 Å². The lowest BCUT2D eigenvalue weighted by molar-refractivity contribution is 0.210. The molecule has 1 N–H and O–H groups in total. The molecule has 0 saturated carbocycles. The lowest BCUT2D eigenvalue weighted by atomic mass is 9.92. The van der Waals surface area contributed by atoms with E-state index in [1.807, 2.05) is 24.3 Å². The van der Waals surface area contributed by atoms with Crippen LogP contribution >= 0.6 is 11.6 Å². The Morgan fingerprint density at radius 2 is 1.95 bits per heavy atom. The maximum atomic E-state index is 10.8. The molecule has 1 aromatic carbocycles. The van der Waals surface area contributed by atoms with Crippen molar-refractivity contribution in [3.05, 3.63) is 52.7 Å². The molecular formula is C18H20ClNO. The number of rotatable bonds is 2. The summed E-state index contributed by atoms with van der Waals surface area (Å²) in [6, 6.07) is 7.59. The van der Waals surface area contributed by atoms with Gasteiger partial charge in [-0.1, -0.05) is 36.6 Å². The highest BCUT2D eigenvalue weighted by atomic mass is 35.5. The molecule has 0 bridgehead atoms. The van der Waals surface area contributed by atoms with Gasteiger partial charge in [-0.3, -0.25) is 4.98 Å². The molecule has 3 rings (SSSR count). The summed E-state index contributed by atoms with van der Waals surface area (Å²) < 4.78 is 0. The molecule has 0 aliphatic heterocycles. The summed E-state index contributed by atoms with van der Waals surface area (Å²) in [5.74, 6) is 0. The lowest BCUT2D eigenvalue weighted by Gasteiger charge is -2.19. The predicted octanol–water partition coefficient (Wildman–Crippen LogP) is 5.20. The first-order chi connectivity index (χ1) is 10.3.